The van der Waals surface area contributed by atoms with Crippen LogP contribution in [0.2, 0.25) is 0 Å². The smallest absolute Gasteiger partial charge is 0.394 e. The van der Waals surface area contributed by atoms with Crippen LogP contribution in [0.15, 0.2) is 22.7 Å². The van der Waals surface area contributed by atoms with Gasteiger partial charge in [0.05, 0.1) is 22.7 Å². The van der Waals surface area contributed by atoms with Crippen LogP contribution in [0, 0.1) is 17.7 Å². The van der Waals surface area contributed by atoms with Gasteiger partial charge in [-0.2, -0.15) is 13.2 Å². The lowest BCUT2D eigenvalue weighted by Crippen LogP contribution is -2.34. The van der Waals surface area contributed by atoms with E-state index in [-0.39, 0.29) is 10.9 Å². The van der Waals surface area contributed by atoms with Crippen molar-refractivity contribution in [2.24, 2.45) is 11.8 Å². The Balaban J connectivity index is 2.11. The molecule has 1 fully saturated rings. The Morgan fingerprint density at radius 3 is 2.43 bits per heavy atom. The molecule has 126 valence electrons. The van der Waals surface area contributed by atoms with E-state index < -0.39 is 48.8 Å². The van der Waals surface area contributed by atoms with Crippen LogP contribution in [0.1, 0.15) is 5.56 Å². The van der Waals surface area contributed by atoms with Crippen molar-refractivity contribution in [2.45, 2.75) is 12.6 Å². The third kappa shape index (κ3) is 4.01. The molecule has 4 nitrogen and oxygen atoms in total. The van der Waals surface area contributed by atoms with Gasteiger partial charge in [-0.1, -0.05) is 6.07 Å². The standard InChI is InChI=1S/C14H12BrF4NO3/c15-10-3-7(1-2-11(10)16)4-12(21)20-5-8(13(22)23)9(6-20)14(17,18)19/h1-3,8-9H,4-6H2,(H,22,23)/t8-,9-/m1/s1. The molecule has 2 atom stereocenters. The number of alkyl halides is 3. The molecular formula is C14H12BrF4NO3. The van der Waals surface area contributed by atoms with E-state index in [0.29, 0.717) is 5.56 Å². The molecule has 0 spiro atoms. The molecule has 23 heavy (non-hydrogen) atoms. The van der Waals surface area contributed by atoms with Gasteiger partial charge in [-0.15, -0.1) is 0 Å². The van der Waals surface area contributed by atoms with E-state index in [4.69, 9.17) is 5.11 Å². The summed E-state index contributed by atoms with van der Waals surface area (Å²) in [7, 11) is 0. The monoisotopic (exact) mass is 397 g/mol. The maximum absolute atomic E-state index is 13.1. The fraction of sp³-hybridized carbons (Fsp3) is 0.429. The van der Waals surface area contributed by atoms with E-state index in [9.17, 15) is 27.2 Å². The van der Waals surface area contributed by atoms with Gasteiger partial charge >= 0.3 is 12.1 Å². The zero-order valence-electron chi connectivity index (χ0n) is 11.6. The van der Waals surface area contributed by atoms with Crippen LogP contribution in [0.3, 0.4) is 0 Å². The van der Waals surface area contributed by atoms with E-state index in [0.717, 1.165) is 11.0 Å². The number of likely N-dealkylation sites (tertiary alicyclic amines) is 1. The summed E-state index contributed by atoms with van der Waals surface area (Å²) in [5.74, 6) is -6.47. The number of amides is 1. The van der Waals surface area contributed by atoms with Crippen LogP contribution < -0.4 is 0 Å². The molecule has 1 N–H and O–H groups in total. The number of hydrogen-bond acceptors (Lipinski definition) is 2. The van der Waals surface area contributed by atoms with E-state index in [2.05, 4.69) is 15.9 Å². The van der Waals surface area contributed by atoms with Gasteiger partial charge < -0.3 is 10.0 Å². The van der Waals surface area contributed by atoms with Crippen molar-refractivity contribution in [3.8, 4) is 0 Å². The van der Waals surface area contributed by atoms with E-state index in [1.807, 2.05) is 0 Å². The van der Waals surface area contributed by atoms with Gasteiger partial charge in [0, 0.05) is 13.1 Å². The molecule has 0 unspecified atom stereocenters. The summed E-state index contributed by atoms with van der Waals surface area (Å²) < 4.78 is 51.9. The summed E-state index contributed by atoms with van der Waals surface area (Å²) in [4.78, 5) is 24.0. The molecule has 1 aliphatic rings. The first kappa shape index (κ1) is 17.7. The summed E-state index contributed by atoms with van der Waals surface area (Å²) in [6.07, 6.45) is -4.91. The van der Waals surface area contributed by atoms with Crippen molar-refractivity contribution in [3.63, 3.8) is 0 Å². The average molecular weight is 398 g/mol. The summed E-state index contributed by atoms with van der Waals surface area (Å²) >= 11 is 2.96. The Morgan fingerprint density at radius 1 is 1.30 bits per heavy atom. The third-order valence-electron chi connectivity index (χ3n) is 3.75. The van der Waals surface area contributed by atoms with Gasteiger partial charge in [-0.25, -0.2) is 4.39 Å². The molecule has 0 aliphatic carbocycles. The Kier molecular flexibility index (Phi) is 4.98. The number of carbonyl (C=O) groups excluding carboxylic acids is 1. The predicted molar refractivity (Wildman–Crippen MR) is 75.1 cm³/mol. The maximum atomic E-state index is 13.1. The molecule has 1 saturated heterocycles. The van der Waals surface area contributed by atoms with Crippen molar-refractivity contribution in [1.29, 1.82) is 0 Å². The largest absolute Gasteiger partial charge is 0.481 e. The van der Waals surface area contributed by atoms with Crippen molar-refractivity contribution < 1.29 is 32.3 Å². The lowest BCUT2D eigenvalue weighted by atomic mass is 9.96. The van der Waals surface area contributed by atoms with E-state index in [1.54, 1.807) is 0 Å². The normalized spacial score (nSPS) is 21.5. The van der Waals surface area contributed by atoms with Crippen molar-refractivity contribution in [2.75, 3.05) is 13.1 Å². The van der Waals surface area contributed by atoms with Crippen molar-refractivity contribution >= 4 is 27.8 Å². The second kappa shape index (κ2) is 6.46. The molecule has 1 amide bonds. The minimum absolute atomic E-state index is 0.140. The van der Waals surface area contributed by atoms with Crippen LogP contribution in [0.5, 0.6) is 0 Å². The number of carbonyl (C=O) groups is 2. The average Bonchev–Trinajstić information content (AvgIpc) is 2.88. The number of benzene rings is 1. The number of carboxylic acids is 1. The second-order valence-corrected chi connectivity index (χ2v) is 6.17. The fourth-order valence-corrected chi connectivity index (χ4v) is 2.95. The highest BCUT2D eigenvalue weighted by Gasteiger charge is 2.53. The van der Waals surface area contributed by atoms with Gasteiger partial charge in [0.2, 0.25) is 5.91 Å². The van der Waals surface area contributed by atoms with E-state index in [1.165, 1.54) is 12.1 Å². The lowest BCUT2D eigenvalue weighted by Gasteiger charge is -2.18. The number of halogens is 5. The van der Waals surface area contributed by atoms with Crippen molar-refractivity contribution in [3.05, 3.63) is 34.1 Å². The SMILES string of the molecule is O=C(O)[C@@H]1CN(C(=O)Cc2ccc(F)c(Br)c2)C[C@H]1C(F)(F)F. The first-order valence-electron chi connectivity index (χ1n) is 6.61. The predicted octanol–water partition coefficient (Wildman–Crippen LogP) is 2.85. The van der Waals surface area contributed by atoms with Gasteiger partial charge in [-0.3, -0.25) is 9.59 Å². The Labute approximate surface area is 137 Å². The van der Waals surface area contributed by atoms with Crippen LogP contribution in [0.4, 0.5) is 17.6 Å². The zero-order valence-corrected chi connectivity index (χ0v) is 13.2. The summed E-state index contributed by atoms with van der Waals surface area (Å²) in [5, 5.41) is 8.92. The van der Waals surface area contributed by atoms with Gasteiger partial charge in [0.25, 0.3) is 0 Å². The molecule has 0 radical (unpaired) electrons. The van der Waals surface area contributed by atoms with E-state index >= 15 is 0 Å². The lowest BCUT2D eigenvalue weighted by molar-refractivity contribution is -0.188. The fourth-order valence-electron chi connectivity index (χ4n) is 2.53. The maximum Gasteiger partial charge on any atom is 0.394 e. The van der Waals surface area contributed by atoms with Crippen molar-refractivity contribution in [1.82, 2.24) is 4.90 Å². The number of carboxylic acid groups (broad SMARTS) is 1. The number of rotatable bonds is 3. The highest BCUT2D eigenvalue weighted by molar-refractivity contribution is 9.10. The van der Waals surface area contributed by atoms with Crippen LogP contribution >= 0.6 is 15.9 Å². The Morgan fingerprint density at radius 2 is 1.96 bits per heavy atom. The van der Waals surface area contributed by atoms with Gasteiger partial charge in [-0.05, 0) is 33.6 Å². The van der Waals surface area contributed by atoms with Crippen LogP contribution in [-0.2, 0) is 16.0 Å². The summed E-state index contributed by atoms with van der Waals surface area (Å²) in [6, 6.07) is 3.85. The first-order valence-corrected chi connectivity index (χ1v) is 7.40. The number of aliphatic carboxylic acids is 1. The molecule has 1 aromatic carbocycles. The number of hydrogen-bond donors (Lipinski definition) is 1. The molecule has 2 rings (SSSR count). The molecule has 1 heterocycles. The minimum Gasteiger partial charge on any atom is -0.481 e. The first-order chi connectivity index (χ1) is 10.6. The molecule has 1 aliphatic heterocycles. The second-order valence-electron chi connectivity index (χ2n) is 5.32. The Hall–Kier alpha value is -1.64. The molecule has 0 saturated carbocycles. The summed E-state index contributed by atoms with van der Waals surface area (Å²) in [6.45, 7) is -1.16. The quantitative estimate of drug-likeness (QED) is 0.797. The highest BCUT2D eigenvalue weighted by atomic mass is 79.9. The van der Waals surface area contributed by atoms with Gasteiger partial charge in [0.15, 0.2) is 0 Å². The molecule has 9 heteroatoms. The highest BCUT2D eigenvalue weighted by Crippen LogP contribution is 2.37. The molecule has 0 aromatic heterocycles. The Bertz CT molecular complexity index is 635. The third-order valence-corrected chi connectivity index (χ3v) is 4.36. The molecule has 0 bridgehead atoms. The topological polar surface area (TPSA) is 57.6 Å². The molecule has 1 aromatic rings. The summed E-state index contributed by atoms with van der Waals surface area (Å²) in [5.41, 5.74) is 0.422. The minimum atomic E-state index is -4.68. The van der Waals surface area contributed by atoms with Crippen LogP contribution in [0.25, 0.3) is 0 Å². The van der Waals surface area contributed by atoms with Crippen LogP contribution in [-0.4, -0.2) is 41.1 Å². The number of nitrogens with zero attached hydrogens (tertiary/aromatic N) is 1. The molecular weight excluding hydrogens is 386 g/mol. The van der Waals surface area contributed by atoms with Gasteiger partial charge in [0.1, 0.15) is 5.82 Å². The zero-order chi connectivity index (χ0) is 17.4.